The molecule has 1 aromatic heterocycles. The molecule has 2 amide bonds. The molecule has 0 aliphatic heterocycles. The molecule has 0 fully saturated rings. The first-order valence-corrected chi connectivity index (χ1v) is 10.3. The molecule has 0 unspecified atom stereocenters. The van der Waals surface area contributed by atoms with E-state index in [0.717, 1.165) is 23.9 Å². The van der Waals surface area contributed by atoms with Crippen LogP contribution in [0.1, 0.15) is 38.9 Å². The number of rotatable bonds is 6. The van der Waals surface area contributed by atoms with Gasteiger partial charge in [0, 0.05) is 16.1 Å². The van der Waals surface area contributed by atoms with Gasteiger partial charge in [-0.2, -0.15) is 26.3 Å². The van der Waals surface area contributed by atoms with E-state index in [4.69, 9.17) is 11.6 Å². The number of pyridine rings is 1. The number of amides is 2. The number of benzene rings is 1. The van der Waals surface area contributed by atoms with E-state index in [1.165, 1.54) is 13.0 Å². The van der Waals surface area contributed by atoms with Gasteiger partial charge < -0.3 is 10.6 Å². The second-order valence-electron chi connectivity index (χ2n) is 6.40. The molecule has 0 spiro atoms. The molecule has 0 saturated carbocycles. The van der Waals surface area contributed by atoms with Crippen molar-refractivity contribution in [3.63, 3.8) is 0 Å². The van der Waals surface area contributed by atoms with Crippen molar-refractivity contribution in [3.8, 4) is 0 Å². The number of carbonyl (C=O) groups is 2. The minimum Gasteiger partial charge on any atom is -0.343 e. The van der Waals surface area contributed by atoms with Crippen LogP contribution in [0.25, 0.3) is 0 Å². The second kappa shape index (κ2) is 9.99. The van der Waals surface area contributed by atoms with E-state index >= 15 is 0 Å². The Hall–Kier alpha value is -2.47. The van der Waals surface area contributed by atoms with Crippen molar-refractivity contribution in [2.75, 3.05) is 17.6 Å². The molecular formula is C19H16ClF6N3O2S. The molecule has 1 heterocycles. The molecule has 1 aromatic carbocycles. The maximum absolute atomic E-state index is 13.0. The van der Waals surface area contributed by atoms with Crippen LogP contribution >= 0.6 is 23.4 Å². The first kappa shape index (κ1) is 25.8. The number of nitrogens with zero attached hydrogens (tertiary/aromatic N) is 1. The Morgan fingerprint density at radius 1 is 1.09 bits per heavy atom. The van der Waals surface area contributed by atoms with Crippen LogP contribution in [0.5, 0.6) is 0 Å². The highest BCUT2D eigenvalue weighted by molar-refractivity contribution is 7.99. The Morgan fingerprint density at radius 3 is 2.31 bits per heavy atom. The fourth-order valence-corrected chi connectivity index (χ4v) is 3.65. The van der Waals surface area contributed by atoms with Crippen LogP contribution in [0.3, 0.4) is 0 Å². The van der Waals surface area contributed by atoms with Gasteiger partial charge in [0.15, 0.2) is 0 Å². The highest BCUT2D eigenvalue weighted by Gasteiger charge is 2.33. The summed E-state index contributed by atoms with van der Waals surface area (Å²) in [5.74, 6) is -1.74. The van der Waals surface area contributed by atoms with E-state index < -0.39 is 36.3 Å². The summed E-state index contributed by atoms with van der Waals surface area (Å²) >= 11 is 6.85. The van der Waals surface area contributed by atoms with Crippen molar-refractivity contribution < 1.29 is 35.9 Å². The average Bonchev–Trinajstić information content (AvgIpc) is 2.66. The van der Waals surface area contributed by atoms with Crippen LogP contribution in [-0.4, -0.2) is 35.3 Å². The lowest BCUT2D eigenvalue weighted by molar-refractivity contribution is -0.138. The molecule has 32 heavy (non-hydrogen) atoms. The van der Waals surface area contributed by atoms with Crippen LogP contribution < -0.4 is 10.6 Å². The molecule has 0 bridgehead atoms. The fraction of sp³-hybridized carbons (Fsp3) is 0.316. The number of hydrogen-bond acceptors (Lipinski definition) is 4. The Bertz CT molecular complexity index is 1030. The zero-order valence-corrected chi connectivity index (χ0v) is 18.1. The summed E-state index contributed by atoms with van der Waals surface area (Å²) in [4.78, 5) is 28.7. The Balaban J connectivity index is 2.42. The van der Waals surface area contributed by atoms with Crippen molar-refractivity contribution >= 4 is 40.9 Å². The number of hydrogen-bond donors (Lipinski definition) is 2. The van der Waals surface area contributed by atoms with Gasteiger partial charge in [-0.25, -0.2) is 4.98 Å². The average molecular weight is 500 g/mol. The molecule has 0 aliphatic carbocycles. The van der Waals surface area contributed by atoms with Gasteiger partial charge in [-0.05, 0) is 36.4 Å². The van der Waals surface area contributed by atoms with Crippen molar-refractivity contribution in [2.24, 2.45) is 0 Å². The number of carbonyl (C=O) groups excluding carboxylic acids is 2. The maximum atomic E-state index is 13.0. The fourth-order valence-electron chi connectivity index (χ4n) is 2.57. The lowest BCUT2D eigenvalue weighted by Crippen LogP contribution is -2.34. The first-order chi connectivity index (χ1) is 14.7. The topological polar surface area (TPSA) is 71.1 Å². The molecule has 2 rings (SSSR count). The van der Waals surface area contributed by atoms with E-state index in [2.05, 4.69) is 10.3 Å². The largest absolute Gasteiger partial charge is 0.417 e. The van der Waals surface area contributed by atoms with E-state index in [0.29, 0.717) is 11.9 Å². The summed E-state index contributed by atoms with van der Waals surface area (Å²) in [5, 5.41) is 4.08. The summed E-state index contributed by atoms with van der Waals surface area (Å²) in [7, 11) is 0. The van der Waals surface area contributed by atoms with Gasteiger partial charge in [-0.3, -0.25) is 9.59 Å². The van der Waals surface area contributed by atoms with Crippen molar-refractivity contribution in [1.82, 2.24) is 10.3 Å². The number of halogens is 7. The first-order valence-electron chi connectivity index (χ1n) is 8.89. The minimum absolute atomic E-state index is 0.0348. The quantitative estimate of drug-likeness (QED) is 0.394. The molecule has 0 aliphatic rings. The van der Waals surface area contributed by atoms with Crippen LogP contribution in [0, 0.1) is 6.92 Å². The standard InChI is InChI=1S/C19H16ClF6N3O2S/c1-3-32-13-5-10(19(24,25)26)7-27-15(13)17(31)29-14-9(2)4-11(20)6-12(14)16(30)28-8-18(21,22)23/h4-7H,3,8H2,1-2H3,(H,28,30)(H,29,31). The third-order valence-corrected chi connectivity index (χ3v) is 5.06. The monoisotopic (exact) mass is 499 g/mol. The number of aromatic nitrogens is 1. The van der Waals surface area contributed by atoms with E-state index in [1.807, 2.05) is 0 Å². The number of thioether (sulfide) groups is 1. The van der Waals surface area contributed by atoms with Gasteiger partial charge in [0.2, 0.25) is 0 Å². The molecule has 0 saturated heterocycles. The molecule has 13 heteroatoms. The zero-order chi connectivity index (χ0) is 24.3. The normalized spacial score (nSPS) is 11.9. The molecular weight excluding hydrogens is 484 g/mol. The van der Waals surface area contributed by atoms with Crippen LogP contribution in [-0.2, 0) is 6.18 Å². The summed E-state index contributed by atoms with van der Waals surface area (Å²) in [6, 6.07) is 3.21. The Kier molecular flexibility index (Phi) is 8.05. The van der Waals surface area contributed by atoms with Crippen LogP contribution in [0.2, 0.25) is 5.02 Å². The van der Waals surface area contributed by atoms with Crippen LogP contribution in [0.15, 0.2) is 29.3 Å². The van der Waals surface area contributed by atoms with E-state index in [1.54, 1.807) is 12.2 Å². The van der Waals surface area contributed by atoms with Crippen molar-refractivity contribution in [3.05, 3.63) is 51.8 Å². The lowest BCUT2D eigenvalue weighted by Gasteiger charge is -2.16. The molecule has 5 nitrogen and oxygen atoms in total. The third kappa shape index (κ3) is 6.76. The molecule has 174 valence electrons. The smallest absolute Gasteiger partial charge is 0.343 e. The highest BCUT2D eigenvalue weighted by Crippen LogP contribution is 2.33. The Morgan fingerprint density at radius 2 is 1.75 bits per heavy atom. The molecule has 2 N–H and O–H groups in total. The number of aryl methyl sites for hydroxylation is 1. The van der Waals surface area contributed by atoms with Gasteiger partial charge in [-0.1, -0.05) is 18.5 Å². The van der Waals surface area contributed by atoms with Gasteiger partial charge in [-0.15, -0.1) is 11.8 Å². The molecule has 2 aromatic rings. The summed E-state index contributed by atoms with van der Waals surface area (Å²) in [5.41, 5.74) is -1.61. The predicted molar refractivity (Wildman–Crippen MR) is 108 cm³/mol. The number of nitrogens with one attached hydrogen (secondary N) is 2. The predicted octanol–water partition coefficient (Wildman–Crippen LogP) is 5.72. The van der Waals surface area contributed by atoms with Gasteiger partial charge in [0.05, 0.1) is 16.8 Å². The van der Waals surface area contributed by atoms with Crippen molar-refractivity contribution in [2.45, 2.75) is 31.1 Å². The summed E-state index contributed by atoms with van der Waals surface area (Å²) in [6.07, 6.45) is -8.83. The van der Waals surface area contributed by atoms with Gasteiger partial charge in [0.1, 0.15) is 12.2 Å². The summed E-state index contributed by atoms with van der Waals surface area (Å²) < 4.78 is 76.3. The SMILES string of the molecule is CCSc1cc(C(F)(F)F)cnc1C(=O)Nc1c(C)cc(Cl)cc1C(=O)NCC(F)(F)F. The Labute approximate surface area is 187 Å². The second-order valence-corrected chi connectivity index (χ2v) is 8.14. The highest BCUT2D eigenvalue weighted by atomic mass is 35.5. The number of alkyl halides is 6. The third-order valence-electron chi connectivity index (χ3n) is 3.93. The summed E-state index contributed by atoms with van der Waals surface area (Å²) in [6.45, 7) is 1.51. The van der Waals surface area contributed by atoms with Crippen LogP contribution in [0.4, 0.5) is 32.0 Å². The van der Waals surface area contributed by atoms with Gasteiger partial charge >= 0.3 is 12.4 Å². The number of anilines is 1. The van der Waals surface area contributed by atoms with E-state index in [9.17, 15) is 35.9 Å². The maximum Gasteiger partial charge on any atom is 0.417 e. The molecule has 0 radical (unpaired) electrons. The van der Waals surface area contributed by atoms with Gasteiger partial charge in [0.25, 0.3) is 11.8 Å². The minimum atomic E-state index is -4.67. The van der Waals surface area contributed by atoms with E-state index in [-0.39, 0.29) is 32.4 Å². The zero-order valence-electron chi connectivity index (χ0n) is 16.5. The molecule has 0 atom stereocenters. The lowest BCUT2D eigenvalue weighted by atomic mass is 10.1. The van der Waals surface area contributed by atoms with Crippen molar-refractivity contribution in [1.29, 1.82) is 0 Å².